The van der Waals surface area contributed by atoms with Gasteiger partial charge in [-0.3, -0.25) is 9.69 Å². The molecule has 2 aromatic carbocycles. The molecule has 6 nitrogen and oxygen atoms in total. The monoisotopic (exact) mass is 366 g/mol. The average molecular weight is 366 g/mol. The first kappa shape index (κ1) is 17.5. The predicted molar refractivity (Wildman–Crippen MR) is 99.4 cm³/mol. The molecule has 2 atom stereocenters. The molecule has 3 amide bonds. The van der Waals surface area contributed by atoms with Gasteiger partial charge in [0.15, 0.2) is 0 Å². The molecule has 1 saturated heterocycles. The summed E-state index contributed by atoms with van der Waals surface area (Å²) in [5, 5.41) is 13.1. The van der Waals surface area contributed by atoms with Crippen molar-refractivity contribution in [3.63, 3.8) is 0 Å². The first-order valence-electron chi connectivity index (χ1n) is 9.10. The fourth-order valence-corrected chi connectivity index (χ4v) is 3.85. The van der Waals surface area contributed by atoms with Crippen LogP contribution in [0.25, 0.3) is 0 Å². The Morgan fingerprint density at radius 1 is 1.19 bits per heavy atom. The fraction of sp³-hybridized carbons (Fsp3) is 0.333. The van der Waals surface area contributed by atoms with Crippen LogP contribution in [0.3, 0.4) is 0 Å². The summed E-state index contributed by atoms with van der Waals surface area (Å²) in [4.78, 5) is 26.6. The van der Waals surface area contributed by atoms with Crippen LogP contribution in [0, 0.1) is 6.92 Å². The van der Waals surface area contributed by atoms with Crippen LogP contribution in [0.15, 0.2) is 48.5 Å². The van der Waals surface area contributed by atoms with E-state index in [0.717, 1.165) is 28.0 Å². The van der Waals surface area contributed by atoms with Crippen LogP contribution in [0.1, 0.15) is 23.1 Å². The second-order valence-electron chi connectivity index (χ2n) is 7.19. The summed E-state index contributed by atoms with van der Waals surface area (Å²) in [6.07, 6.45) is 0.325. The van der Waals surface area contributed by atoms with Crippen molar-refractivity contribution in [2.75, 3.05) is 13.2 Å². The number of aliphatic hydroxyl groups is 1. The predicted octanol–water partition coefficient (Wildman–Crippen LogP) is 2.13. The molecule has 27 heavy (non-hydrogen) atoms. The van der Waals surface area contributed by atoms with E-state index in [1.54, 1.807) is 0 Å². The number of aliphatic hydroxyl groups excluding tert-OH is 1. The molecule has 0 aromatic heterocycles. The highest BCUT2D eigenvalue weighted by Crippen LogP contribution is 2.41. The molecule has 0 unspecified atom stereocenters. The second kappa shape index (κ2) is 6.70. The Hall–Kier alpha value is -2.86. The van der Waals surface area contributed by atoms with Crippen LogP contribution in [-0.2, 0) is 16.8 Å². The molecule has 0 radical (unpaired) electrons. The van der Waals surface area contributed by atoms with Gasteiger partial charge >= 0.3 is 6.03 Å². The van der Waals surface area contributed by atoms with E-state index in [1.165, 1.54) is 0 Å². The summed E-state index contributed by atoms with van der Waals surface area (Å²) in [5.74, 6) is 0.338. The van der Waals surface area contributed by atoms with Gasteiger partial charge in [0.05, 0.1) is 6.54 Å². The van der Waals surface area contributed by atoms with Gasteiger partial charge in [-0.1, -0.05) is 42.0 Å². The lowest BCUT2D eigenvalue weighted by molar-refractivity contribution is -0.132. The Kier molecular flexibility index (Phi) is 4.36. The summed E-state index contributed by atoms with van der Waals surface area (Å²) >= 11 is 0. The zero-order chi connectivity index (χ0) is 19.0. The molecule has 1 aliphatic carbocycles. The minimum Gasteiger partial charge on any atom is -0.491 e. The number of rotatable bonds is 5. The van der Waals surface area contributed by atoms with E-state index in [1.807, 2.05) is 55.5 Å². The van der Waals surface area contributed by atoms with Crippen LogP contribution in [0.4, 0.5) is 4.79 Å². The number of benzene rings is 2. The number of aryl methyl sites for hydroxylation is 2. The van der Waals surface area contributed by atoms with E-state index in [9.17, 15) is 14.7 Å². The Balaban J connectivity index is 1.43. The summed E-state index contributed by atoms with van der Waals surface area (Å²) in [7, 11) is 0. The summed E-state index contributed by atoms with van der Waals surface area (Å²) in [6, 6.07) is 14.7. The number of nitrogens with one attached hydrogen (secondary N) is 1. The van der Waals surface area contributed by atoms with E-state index >= 15 is 0 Å². The quantitative estimate of drug-likeness (QED) is 0.795. The van der Waals surface area contributed by atoms with E-state index in [2.05, 4.69) is 5.32 Å². The molecular weight excluding hydrogens is 344 g/mol. The number of carbonyl (C=O) groups is 2. The van der Waals surface area contributed by atoms with E-state index in [0.29, 0.717) is 12.2 Å². The number of hydrogen-bond donors (Lipinski definition) is 2. The third-order valence-electron chi connectivity index (χ3n) is 5.28. The van der Waals surface area contributed by atoms with Crippen LogP contribution in [-0.4, -0.2) is 41.2 Å². The van der Waals surface area contributed by atoms with Gasteiger partial charge in [-0.25, -0.2) is 4.79 Å². The molecule has 0 saturated carbocycles. The summed E-state index contributed by atoms with van der Waals surface area (Å²) in [6.45, 7) is 1.89. The van der Waals surface area contributed by atoms with Gasteiger partial charge in [0.25, 0.3) is 5.91 Å². The maximum atomic E-state index is 13.0. The van der Waals surface area contributed by atoms with Gasteiger partial charge < -0.3 is 15.2 Å². The van der Waals surface area contributed by atoms with Crippen LogP contribution < -0.4 is 10.1 Å². The molecule has 2 N–H and O–H groups in total. The van der Waals surface area contributed by atoms with Gasteiger partial charge in [0.1, 0.15) is 24.0 Å². The van der Waals surface area contributed by atoms with Gasteiger partial charge in [-0.2, -0.15) is 0 Å². The molecule has 2 aliphatic rings. The van der Waals surface area contributed by atoms with Crippen molar-refractivity contribution >= 4 is 11.9 Å². The lowest BCUT2D eigenvalue weighted by Crippen LogP contribution is -2.43. The molecule has 1 fully saturated rings. The molecule has 1 heterocycles. The van der Waals surface area contributed by atoms with E-state index in [-0.39, 0.29) is 19.1 Å². The maximum absolute atomic E-state index is 13.0. The largest absolute Gasteiger partial charge is 0.491 e. The van der Waals surface area contributed by atoms with Crippen molar-refractivity contribution in [2.24, 2.45) is 0 Å². The van der Waals surface area contributed by atoms with Crippen molar-refractivity contribution < 1.29 is 19.4 Å². The molecule has 4 rings (SSSR count). The zero-order valence-electron chi connectivity index (χ0n) is 15.1. The van der Waals surface area contributed by atoms with Crippen molar-refractivity contribution in [3.8, 4) is 5.75 Å². The lowest BCUT2D eigenvalue weighted by atomic mass is 9.92. The number of amides is 3. The SMILES string of the molecule is Cc1ccc(OC[C@H](O)CN2C(=O)N[C@]3(CCc4ccccc43)C2=O)cc1. The highest BCUT2D eigenvalue weighted by Gasteiger charge is 2.55. The zero-order valence-corrected chi connectivity index (χ0v) is 15.1. The van der Waals surface area contributed by atoms with Gasteiger partial charge in [-0.05, 0) is 43.0 Å². The number of carbonyl (C=O) groups excluding carboxylic acids is 2. The Morgan fingerprint density at radius 2 is 1.93 bits per heavy atom. The highest BCUT2D eigenvalue weighted by atomic mass is 16.5. The first-order chi connectivity index (χ1) is 13.0. The lowest BCUT2D eigenvalue weighted by Gasteiger charge is -2.23. The summed E-state index contributed by atoms with van der Waals surface area (Å²) < 4.78 is 5.56. The van der Waals surface area contributed by atoms with Crippen LogP contribution >= 0.6 is 0 Å². The molecular formula is C21H22N2O4. The number of hydrogen-bond acceptors (Lipinski definition) is 4. The molecule has 6 heteroatoms. The van der Waals surface area contributed by atoms with E-state index < -0.39 is 17.7 Å². The molecule has 1 aliphatic heterocycles. The standard InChI is InChI=1S/C21H22N2O4/c1-14-6-8-17(9-7-14)27-13-16(24)12-23-19(25)21(22-20(23)26)11-10-15-4-2-3-5-18(15)21/h2-9,16,24H,10-13H2,1H3,(H,22,26)/t16-,21+/m1/s1. The van der Waals surface area contributed by atoms with Gasteiger partial charge in [0.2, 0.25) is 0 Å². The maximum Gasteiger partial charge on any atom is 0.325 e. The number of fused-ring (bicyclic) bond motifs is 2. The Morgan fingerprint density at radius 3 is 2.70 bits per heavy atom. The van der Waals surface area contributed by atoms with Gasteiger partial charge in [-0.15, -0.1) is 0 Å². The van der Waals surface area contributed by atoms with Gasteiger partial charge in [0, 0.05) is 0 Å². The normalized spacial score (nSPS) is 22.1. The molecule has 2 aromatic rings. The number of urea groups is 1. The van der Waals surface area contributed by atoms with Crippen molar-refractivity contribution in [1.29, 1.82) is 0 Å². The minimum absolute atomic E-state index is 0.00368. The van der Waals surface area contributed by atoms with Crippen molar-refractivity contribution in [2.45, 2.75) is 31.4 Å². The number of imide groups is 1. The van der Waals surface area contributed by atoms with E-state index in [4.69, 9.17) is 4.74 Å². The Labute approximate surface area is 157 Å². The third kappa shape index (κ3) is 3.06. The second-order valence-corrected chi connectivity index (χ2v) is 7.19. The molecule has 140 valence electrons. The highest BCUT2D eigenvalue weighted by molar-refractivity contribution is 6.08. The smallest absolute Gasteiger partial charge is 0.325 e. The van der Waals surface area contributed by atoms with Crippen molar-refractivity contribution in [3.05, 3.63) is 65.2 Å². The minimum atomic E-state index is -0.995. The topological polar surface area (TPSA) is 78.9 Å². The van der Waals surface area contributed by atoms with Crippen LogP contribution in [0.5, 0.6) is 5.75 Å². The molecule has 1 spiro atoms. The average Bonchev–Trinajstić information content (AvgIpc) is 3.15. The number of nitrogens with zero attached hydrogens (tertiary/aromatic N) is 1. The first-order valence-corrected chi connectivity index (χ1v) is 9.10. The number of β-amino-alcohol motifs (C(OH)–C–C–N with tert-alkyl or cyclic N) is 1. The van der Waals surface area contributed by atoms with Crippen LogP contribution in [0.2, 0.25) is 0 Å². The number of ether oxygens (including phenoxy) is 1. The Bertz CT molecular complexity index is 880. The fourth-order valence-electron chi connectivity index (χ4n) is 3.85. The van der Waals surface area contributed by atoms with Crippen molar-refractivity contribution in [1.82, 2.24) is 10.2 Å². The molecule has 0 bridgehead atoms. The third-order valence-corrected chi connectivity index (χ3v) is 5.28. The summed E-state index contributed by atoms with van der Waals surface area (Å²) in [5.41, 5.74) is 2.06.